The van der Waals surface area contributed by atoms with E-state index in [1.54, 1.807) is 18.3 Å². The predicted octanol–water partition coefficient (Wildman–Crippen LogP) is 4.21. The molecule has 7 heteroatoms. The number of pyridine rings is 1. The van der Waals surface area contributed by atoms with Crippen LogP contribution >= 0.6 is 0 Å². The summed E-state index contributed by atoms with van der Waals surface area (Å²) in [6.45, 7) is 0. The van der Waals surface area contributed by atoms with Gasteiger partial charge in [0.05, 0.1) is 0 Å². The van der Waals surface area contributed by atoms with E-state index in [9.17, 15) is 4.79 Å². The molecule has 0 radical (unpaired) electrons. The van der Waals surface area contributed by atoms with E-state index >= 15 is 0 Å². The first-order chi connectivity index (χ1) is 12.8. The molecule has 0 aliphatic carbocycles. The maximum absolute atomic E-state index is 12.1. The number of hydrogen-bond donors (Lipinski definition) is 1. The van der Waals surface area contributed by atoms with Crippen molar-refractivity contribution in [1.29, 1.82) is 0 Å². The Kier molecular flexibility index (Phi) is 4.64. The Balaban J connectivity index is 1.53. The molecule has 2 heterocycles. The predicted molar refractivity (Wildman–Crippen MR) is 103 cm³/mol. The number of fused-ring (bicyclic) bond motifs is 1. The monoisotopic (exact) mass is 407 g/mol. The minimum atomic E-state index is -0.253. The van der Waals surface area contributed by atoms with E-state index in [0.29, 0.717) is 10.1 Å². The van der Waals surface area contributed by atoms with Gasteiger partial charge in [0.1, 0.15) is 0 Å². The van der Waals surface area contributed by atoms with E-state index in [1.165, 1.54) is 0 Å². The van der Waals surface area contributed by atoms with Gasteiger partial charge in [-0.2, -0.15) is 0 Å². The molecule has 0 spiro atoms. The fourth-order valence-corrected chi connectivity index (χ4v) is 4.10. The van der Waals surface area contributed by atoms with Crippen molar-refractivity contribution in [2.45, 2.75) is 0 Å². The molecule has 4 aromatic rings. The fourth-order valence-electron chi connectivity index (χ4n) is 2.30. The quantitative estimate of drug-likeness (QED) is 0.407. The first-order valence-electron chi connectivity index (χ1n) is 7.88. The summed E-state index contributed by atoms with van der Waals surface area (Å²) in [5.74, 6) is 0. The van der Waals surface area contributed by atoms with Gasteiger partial charge in [-0.1, -0.05) is 0 Å². The SMILES string of the molecule is O=c1nc(Nc2ccc(N=Nc3ccccc3)cc2)[se]c2ncccc12. The van der Waals surface area contributed by atoms with E-state index in [4.69, 9.17) is 0 Å². The maximum atomic E-state index is 12.1. The summed E-state index contributed by atoms with van der Waals surface area (Å²) < 4.78 is 1.45. The van der Waals surface area contributed by atoms with Crippen molar-refractivity contribution in [3.63, 3.8) is 0 Å². The molecule has 4 rings (SSSR count). The van der Waals surface area contributed by atoms with Crippen molar-refractivity contribution in [2.24, 2.45) is 10.2 Å². The van der Waals surface area contributed by atoms with Crippen LogP contribution in [-0.4, -0.2) is 24.5 Å². The summed E-state index contributed by atoms with van der Waals surface area (Å²) >= 11 is -0.129. The molecule has 0 bridgehead atoms. The van der Waals surface area contributed by atoms with Crippen molar-refractivity contribution < 1.29 is 0 Å². The first-order valence-corrected chi connectivity index (χ1v) is 9.59. The van der Waals surface area contributed by atoms with Crippen molar-refractivity contribution in [1.82, 2.24) is 9.97 Å². The van der Waals surface area contributed by atoms with Crippen molar-refractivity contribution >= 4 is 46.0 Å². The zero-order valence-electron chi connectivity index (χ0n) is 13.5. The molecule has 0 amide bonds. The summed E-state index contributed by atoms with van der Waals surface area (Å²) in [7, 11) is 0. The summed E-state index contributed by atoms with van der Waals surface area (Å²) in [6.07, 6.45) is 1.70. The van der Waals surface area contributed by atoms with Crippen LogP contribution in [0.2, 0.25) is 0 Å². The van der Waals surface area contributed by atoms with Gasteiger partial charge in [-0.3, -0.25) is 0 Å². The number of benzene rings is 2. The summed E-state index contributed by atoms with van der Waals surface area (Å²) in [5.41, 5.74) is 2.14. The van der Waals surface area contributed by atoms with E-state index in [0.717, 1.165) is 21.5 Å². The second-order valence-corrected chi connectivity index (χ2v) is 7.44. The van der Waals surface area contributed by atoms with Gasteiger partial charge in [0.2, 0.25) is 0 Å². The number of rotatable bonds is 4. The van der Waals surface area contributed by atoms with Crippen molar-refractivity contribution in [2.75, 3.05) is 5.32 Å². The molecule has 2 aromatic heterocycles. The third kappa shape index (κ3) is 3.74. The third-order valence-corrected chi connectivity index (χ3v) is 5.45. The molecule has 0 saturated heterocycles. The van der Waals surface area contributed by atoms with E-state index in [-0.39, 0.29) is 20.1 Å². The number of azo groups is 1. The van der Waals surface area contributed by atoms with E-state index < -0.39 is 0 Å². The van der Waals surface area contributed by atoms with Gasteiger partial charge in [-0.05, 0) is 0 Å². The van der Waals surface area contributed by atoms with Gasteiger partial charge in [0, 0.05) is 0 Å². The van der Waals surface area contributed by atoms with E-state index in [1.807, 2.05) is 54.6 Å². The fraction of sp³-hybridized carbons (Fsp3) is 0. The Morgan fingerprint density at radius 1 is 0.846 bits per heavy atom. The van der Waals surface area contributed by atoms with Gasteiger partial charge >= 0.3 is 155 Å². The molecule has 1 N–H and O–H groups in total. The molecule has 0 unspecified atom stereocenters. The Morgan fingerprint density at radius 2 is 1.58 bits per heavy atom. The standard InChI is InChI=1S/C19H13N5OSe/c25-17-16-7-4-12-20-18(16)26-19(22-17)21-13-8-10-15(11-9-13)24-23-14-5-2-1-3-6-14/h1-12H,(H,21,22,25). The average molecular weight is 406 g/mol. The molecule has 0 atom stereocenters. The molecule has 0 aliphatic heterocycles. The van der Waals surface area contributed by atoms with Crippen LogP contribution in [0.25, 0.3) is 9.78 Å². The second-order valence-electron chi connectivity index (χ2n) is 5.39. The number of hydrogen-bond acceptors (Lipinski definition) is 6. The van der Waals surface area contributed by atoms with Gasteiger partial charge < -0.3 is 0 Å². The van der Waals surface area contributed by atoms with Crippen LogP contribution in [0.4, 0.5) is 21.8 Å². The van der Waals surface area contributed by atoms with Gasteiger partial charge in [-0.25, -0.2) is 0 Å². The molecule has 0 saturated carbocycles. The van der Waals surface area contributed by atoms with Crippen LogP contribution in [0, 0.1) is 0 Å². The van der Waals surface area contributed by atoms with Crippen LogP contribution in [0.5, 0.6) is 0 Å². The normalized spacial score (nSPS) is 11.1. The number of nitrogens with zero attached hydrogens (tertiary/aromatic N) is 4. The van der Waals surface area contributed by atoms with Crippen LogP contribution in [-0.2, 0) is 0 Å². The van der Waals surface area contributed by atoms with Gasteiger partial charge in [0.15, 0.2) is 0 Å². The van der Waals surface area contributed by atoms with Crippen LogP contribution in [0.1, 0.15) is 0 Å². The zero-order chi connectivity index (χ0) is 17.8. The third-order valence-electron chi connectivity index (χ3n) is 3.55. The second kappa shape index (κ2) is 7.39. The van der Waals surface area contributed by atoms with Crippen molar-refractivity contribution in [3.05, 3.63) is 83.3 Å². The molecule has 6 nitrogen and oxygen atoms in total. The van der Waals surface area contributed by atoms with Crippen LogP contribution < -0.4 is 10.9 Å². The molecule has 0 fully saturated rings. The summed E-state index contributed by atoms with van der Waals surface area (Å²) in [4.78, 5) is 20.5. The van der Waals surface area contributed by atoms with Gasteiger partial charge in [0.25, 0.3) is 0 Å². The molecule has 0 aliphatic rings. The Labute approximate surface area is 155 Å². The molecular weight excluding hydrogens is 393 g/mol. The van der Waals surface area contributed by atoms with Crippen molar-refractivity contribution in [3.8, 4) is 0 Å². The van der Waals surface area contributed by atoms with Gasteiger partial charge in [-0.15, -0.1) is 0 Å². The Hall–Kier alpha value is -3.15. The van der Waals surface area contributed by atoms with Crippen LogP contribution in [0.15, 0.2) is 87.9 Å². The number of aromatic nitrogens is 2. The summed E-state index contributed by atoms with van der Waals surface area (Å²) in [6, 6.07) is 20.6. The molecule has 2 aromatic carbocycles. The first kappa shape index (κ1) is 16.3. The molecular formula is C19H13N5OSe. The summed E-state index contributed by atoms with van der Waals surface area (Å²) in [5, 5.41) is 12.2. The zero-order valence-corrected chi connectivity index (χ0v) is 15.2. The number of nitrogens with one attached hydrogen (secondary N) is 1. The topological polar surface area (TPSA) is 79.6 Å². The molecule has 26 heavy (non-hydrogen) atoms. The average Bonchev–Trinajstić information content (AvgIpc) is 2.68. The number of anilines is 2. The van der Waals surface area contributed by atoms with Crippen LogP contribution in [0.3, 0.4) is 0 Å². The van der Waals surface area contributed by atoms with E-state index in [2.05, 4.69) is 25.5 Å². The minimum absolute atomic E-state index is 0.129. The Bertz CT molecular complexity index is 1120. The Morgan fingerprint density at radius 3 is 2.35 bits per heavy atom. The molecule has 126 valence electrons.